The molecule has 0 fully saturated rings. The molecule has 4 rings (SSSR count). The fraction of sp³-hybridized carbons (Fsp3) is 0.227. The number of rotatable bonds is 5. The predicted octanol–water partition coefficient (Wildman–Crippen LogP) is 2.67. The zero-order chi connectivity index (χ0) is 24.9. The highest BCUT2D eigenvalue weighted by Gasteiger charge is 2.26. The summed E-state index contributed by atoms with van der Waals surface area (Å²) in [5.74, 6) is -0.378. The summed E-state index contributed by atoms with van der Waals surface area (Å²) in [7, 11) is -0.930. The lowest BCUT2D eigenvalue weighted by Gasteiger charge is -2.14. The van der Waals surface area contributed by atoms with E-state index >= 15 is 0 Å². The number of carbonyl (C=O) groups excluding carboxylic acids is 1. The van der Waals surface area contributed by atoms with Gasteiger partial charge in [0.1, 0.15) is 15.4 Å². The highest BCUT2D eigenvalue weighted by atomic mass is 32.2. The van der Waals surface area contributed by atoms with Crippen molar-refractivity contribution in [1.29, 1.82) is 0 Å². The summed E-state index contributed by atoms with van der Waals surface area (Å²) >= 11 is 1.00. The SMILES string of the molecule is CNC(=O)c1cc2c(-c3sc(S(N)(=O)=O)c(C)c3Nc3c(C)ccnc3C)cn(C)c(=O)c2[nH]1. The van der Waals surface area contributed by atoms with Crippen LogP contribution in [0.25, 0.3) is 21.3 Å². The molecule has 0 atom stereocenters. The van der Waals surface area contributed by atoms with Gasteiger partial charge >= 0.3 is 0 Å². The monoisotopic (exact) mass is 500 g/mol. The Balaban J connectivity index is 2.07. The third kappa shape index (κ3) is 3.89. The first-order valence-electron chi connectivity index (χ1n) is 10.2. The number of pyridine rings is 2. The number of carbonyl (C=O) groups is 1. The number of amides is 1. The topological polar surface area (TPSA) is 152 Å². The van der Waals surface area contributed by atoms with Gasteiger partial charge in [0, 0.05) is 43.0 Å². The van der Waals surface area contributed by atoms with Crippen molar-refractivity contribution in [3.63, 3.8) is 0 Å². The first-order valence-corrected chi connectivity index (χ1v) is 12.6. The molecule has 4 heterocycles. The average Bonchev–Trinajstić information content (AvgIpc) is 3.35. The van der Waals surface area contributed by atoms with Gasteiger partial charge in [0.25, 0.3) is 11.5 Å². The Morgan fingerprint density at radius 3 is 2.56 bits per heavy atom. The van der Waals surface area contributed by atoms with Crippen molar-refractivity contribution in [2.45, 2.75) is 25.0 Å². The smallest absolute Gasteiger partial charge is 0.274 e. The lowest BCUT2D eigenvalue weighted by Crippen LogP contribution is -2.19. The van der Waals surface area contributed by atoms with Crippen LogP contribution in [0.1, 0.15) is 27.3 Å². The normalized spacial score (nSPS) is 11.7. The van der Waals surface area contributed by atoms with Gasteiger partial charge in [-0.3, -0.25) is 14.6 Å². The molecule has 34 heavy (non-hydrogen) atoms. The maximum absolute atomic E-state index is 12.8. The second-order valence-electron chi connectivity index (χ2n) is 7.99. The molecular formula is C22H24N6O4S2. The molecule has 0 aromatic carbocycles. The predicted molar refractivity (Wildman–Crippen MR) is 133 cm³/mol. The number of sulfonamides is 1. The number of hydrogen-bond donors (Lipinski definition) is 4. The maximum Gasteiger partial charge on any atom is 0.274 e. The van der Waals surface area contributed by atoms with Crippen molar-refractivity contribution >= 4 is 49.5 Å². The number of aryl methyl sites for hydroxylation is 3. The summed E-state index contributed by atoms with van der Waals surface area (Å²) in [4.78, 5) is 32.8. The van der Waals surface area contributed by atoms with Crippen LogP contribution in [0.15, 0.2) is 33.5 Å². The van der Waals surface area contributed by atoms with Gasteiger partial charge in [-0.05, 0) is 38.5 Å². The number of fused-ring (bicyclic) bond motifs is 1. The minimum atomic E-state index is -4.02. The summed E-state index contributed by atoms with van der Waals surface area (Å²) in [6, 6.07) is 3.43. The van der Waals surface area contributed by atoms with Gasteiger partial charge in [0.05, 0.1) is 21.9 Å². The first kappa shape index (κ1) is 23.7. The molecule has 0 aliphatic carbocycles. The lowest BCUT2D eigenvalue weighted by molar-refractivity contribution is 0.0959. The van der Waals surface area contributed by atoms with E-state index in [1.165, 1.54) is 11.6 Å². The quantitative estimate of drug-likeness (QED) is 0.331. The van der Waals surface area contributed by atoms with E-state index in [9.17, 15) is 18.0 Å². The molecule has 0 saturated carbocycles. The van der Waals surface area contributed by atoms with Gasteiger partial charge in [-0.25, -0.2) is 13.6 Å². The van der Waals surface area contributed by atoms with Crippen LogP contribution in [0.5, 0.6) is 0 Å². The van der Waals surface area contributed by atoms with Crippen LogP contribution in [0.4, 0.5) is 11.4 Å². The summed E-state index contributed by atoms with van der Waals surface area (Å²) in [6.07, 6.45) is 3.32. The van der Waals surface area contributed by atoms with Crippen LogP contribution in [0.2, 0.25) is 0 Å². The number of nitrogens with zero attached hydrogens (tertiary/aromatic N) is 2. The van der Waals surface area contributed by atoms with Crippen molar-refractivity contribution in [1.82, 2.24) is 19.9 Å². The van der Waals surface area contributed by atoms with Gasteiger partial charge in [0.2, 0.25) is 10.0 Å². The van der Waals surface area contributed by atoms with Crippen molar-refractivity contribution < 1.29 is 13.2 Å². The first-order chi connectivity index (χ1) is 15.9. The highest BCUT2D eigenvalue weighted by Crippen LogP contribution is 2.46. The Labute approximate surface area is 199 Å². The highest BCUT2D eigenvalue weighted by molar-refractivity contribution is 7.91. The number of nitrogens with two attached hydrogens (primary N) is 1. The average molecular weight is 501 g/mol. The molecule has 1 amide bonds. The number of aromatic amines is 1. The van der Waals surface area contributed by atoms with E-state index in [4.69, 9.17) is 5.14 Å². The van der Waals surface area contributed by atoms with Crippen molar-refractivity contribution in [2.24, 2.45) is 12.2 Å². The van der Waals surface area contributed by atoms with Gasteiger partial charge < -0.3 is 20.2 Å². The number of hydrogen-bond acceptors (Lipinski definition) is 7. The Hall–Kier alpha value is -3.48. The molecule has 178 valence electrons. The van der Waals surface area contributed by atoms with Crippen LogP contribution in [0.3, 0.4) is 0 Å². The third-order valence-electron chi connectivity index (χ3n) is 5.64. The standard InChI is InChI=1S/C22H24N6O4S2/c1-10-6-7-25-12(3)16(10)27-17-11(2)22(34(23,31)32)33-19(17)14-9-28(5)21(30)18-13(14)8-15(26-18)20(29)24-4/h6-9,26-27H,1-5H3,(H,24,29)(H2,23,31,32). The van der Waals surface area contributed by atoms with Crippen molar-refractivity contribution in [3.05, 3.63) is 57.4 Å². The van der Waals surface area contributed by atoms with Crippen LogP contribution < -0.4 is 21.3 Å². The number of primary sulfonamides is 1. The van der Waals surface area contributed by atoms with E-state index in [1.54, 1.807) is 32.4 Å². The fourth-order valence-electron chi connectivity index (χ4n) is 3.88. The molecule has 4 aromatic heterocycles. The van der Waals surface area contributed by atoms with E-state index in [-0.39, 0.29) is 26.9 Å². The number of aromatic nitrogens is 3. The fourth-order valence-corrected chi connectivity index (χ4v) is 6.15. The molecular weight excluding hydrogens is 476 g/mol. The zero-order valence-electron chi connectivity index (χ0n) is 19.2. The molecule has 10 nitrogen and oxygen atoms in total. The Kier molecular flexibility index (Phi) is 5.84. The number of thiophene rings is 1. The summed E-state index contributed by atoms with van der Waals surface area (Å²) in [5.41, 5.74) is 4.11. The van der Waals surface area contributed by atoms with Gasteiger partial charge in [-0.15, -0.1) is 11.3 Å². The lowest BCUT2D eigenvalue weighted by atomic mass is 10.1. The molecule has 0 unspecified atom stereocenters. The second kappa shape index (κ2) is 8.38. The van der Waals surface area contributed by atoms with Crippen LogP contribution in [0, 0.1) is 20.8 Å². The summed E-state index contributed by atoms with van der Waals surface area (Å²) in [6.45, 7) is 5.45. The van der Waals surface area contributed by atoms with Gasteiger partial charge in [-0.1, -0.05) is 0 Å². The molecule has 0 bridgehead atoms. The molecule has 0 radical (unpaired) electrons. The van der Waals surface area contributed by atoms with Gasteiger partial charge in [-0.2, -0.15) is 0 Å². The largest absolute Gasteiger partial charge is 0.354 e. The molecule has 0 saturated heterocycles. The Bertz CT molecular complexity index is 1610. The van der Waals surface area contributed by atoms with Crippen LogP contribution in [-0.4, -0.2) is 35.9 Å². The van der Waals surface area contributed by atoms with E-state index < -0.39 is 10.0 Å². The molecule has 4 aromatic rings. The van der Waals surface area contributed by atoms with E-state index in [0.717, 1.165) is 28.3 Å². The maximum atomic E-state index is 12.8. The van der Waals surface area contributed by atoms with Crippen molar-refractivity contribution in [2.75, 3.05) is 12.4 Å². The molecule has 5 N–H and O–H groups in total. The zero-order valence-corrected chi connectivity index (χ0v) is 20.9. The minimum absolute atomic E-state index is 0.00765. The van der Waals surface area contributed by atoms with E-state index in [1.807, 2.05) is 19.9 Å². The Morgan fingerprint density at radius 1 is 1.24 bits per heavy atom. The molecule has 0 aliphatic rings. The second-order valence-corrected chi connectivity index (χ2v) is 10.8. The minimum Gasteiger partial charge on any atom is -0.354 e. The number of nitrogens with one attached hydrogen (secondary N) is 3. The van der Waals surface area contributed by atoms with E-state index in [2.05, 4.69) is 20.6 Å². The number of H-pyrrole nitrogens is 1. The summed E-state index contributed by atoms with van der Waals surface area (Å²) < 4.78 is 26.2. The van der Waals surface area contributed by atoms with Gasteiger partial charge in [0.15, 0.2) is 0 Å². The van der Waals surface area contributed by atoms with Crippen LogP contribution >= 0.6 is 11.3 Å². The third-order valence-corrected chi connectivity index (χ3v) is 8.53. The molecule has 12 heteroatoms. The Morgan fingerprint density at radius 2 is 1.94 bits per heavy atom. The molecule has 0 aliphatic heterocycles. The molecule has 0 spiro atoms. The summed E-state index contributed by atoms with van der Waals surface area (Å²) in [5, 5.41) is 11.9. The number of anilines is 2. The van der Waals surface area contributed by atoms with Crippen molar-refractivity contribution in [3.8, 4) is 10.4 Å². The van der Waals surface area contributed by atoms with E-state index in [0.29, 0.717) is 27.1 Å². The van der Waals surface area contributed by atoms with Crippen LogP contribution in [-0.2, 0) is 17.1 Å².